The number of nitrogens with zero attached hydrogens (tertiary/aromatic N) is 1. The monoisotopic (exact) mass is 535 g/mol. The van der Waals surface area contributed by atoms with Gasteiger partial charge in [-0.25, -0.2) is 0 Å². The van der Waals surface area contributed by atoms with Crippen LogP contribution in [-0.4, -0.2) is 0 Å². The molecule has 0 atom stereocenters. The topological polar surface area (TPSA) is 3.24 Å². The summed E-state index contributed by atoms with van der Waals surface area (Å²) in [6.45, 7) is 0. The highest BCUT2D eigenvalue weighted by atomic mass is 15.1. The summed E-state index contributed by atoms with van der Waals surface area (Å²) < 4.78 is 0. The number of rotatable bonds is 5. The quantitative estimate of drug-likeness (QED) is 0.212. The predicted octanol–water partition coefficient (Wildman–Crippen LogP) is 10.7. The number of hydrogen-bond donors (Lipinski definition) is 0. The third kappa shape index (κ3) is 3.71. The fourth-order valence-electron chi connectivity index (χ4n) is 6.90. The molecule has 0 heterocycles. The molecule has 0 radical (unpaired) electrons. The van der Waals surface area contributed by atoms with E-state index in [9.17, 15) is 0 Å². The Labute approximate surface area is 247 Å². The summed E-state index contributed by atoms with van der Waals surface area (Å²) >= 11 is 0. The molecule has 0 fully saturated rings. The zero-order chi connectivity index (χ0) is 27.9. The molecule has 0 amide bonds. The van der Waals surface area contributed by atoms with Crippen LogP contribution in [0, 0.1) is 0 Å². The summed E-state index contributed by atoms with van der Waals surface area (Å²) in [6.07, 6.45) is 0. The van der Waals surface area contributed by atoms with Gasteiger partial charge in [-0.3, -0.25) is 0 Å². The van der Waals surface area contributed by atoms with Gasteiger partial charge in [-0.05, 0) is 92.7 Å². The van der Waals surface area contributed by atoms with E-state index in [2.05, 4.69) is 181 Å². The largest absolute Gasteiger partial charge is 0.310 e. The van der Waals surface area contributed by atoms with Crippen LogP contribution in [0.5, 0.6) is 0 Å². The van der Waals surface area contributed by atoms with Crippen molar-refractivity contribution >= 4 is 27.8 Å². The molecule has 0 aliphatic heterocycles. The number of benzene rings is 7. The molecule has 0 aromatic heterocycles. The van der Waals surface area contributed by atoms with E-state index in [-0.39, 0.29) is 0 Å². The van der Waals surface area contributed by atoms with Gasteiger partial charge in [0, 0.05) is 17.1 Å². The number of para-hydroxylation sites is 2. The van der Waals surface area contributed by atoms with E-state index in [1.807, 2.05) is 0 Å². The molecular weight excluding hydrogens is 506 g/mol. The smallest absolute Gasteiger partial charge is 0.0714 e. The predicted molar refractivity (Wildman–Crippen MR) is 176 cm³/mol. The second kappa shape index (κ2) is 9.90. The molecule has 1 aliphatic carbocycles. The van der Waals surface area contributed by atoms with E-state index in [0.717, 1.165) is 17.1 Å². The average molecular weight is 536 g/mol. The Morgan fingerprint density at radius 3 is 1.33 bits per heavy atom. The summed E-state index contributed by atoms with van der Waals surface area (Å²) in [4.78, 5) is 2.36. The average Bonchev–Trinajstić information content (AvgIpc) is 3.35. The van der Waals surface area contributed by atoms with Gasteiger partial charge in [0.05, 0.1) is 5.41 Å². The van der Waals surface area contributed by atoms with E-state index in [1.54, 1.807) is 0 Å². The molecule has 8 rings (SSSR count). The Bertz CT molecular complexity index is 1930. The highest BCUT2D eigenvalue weighted by Crippen LogP contribution is 2.58. The van der Waals surface area contributed by atoms with E-state index in [1.165, 1.54) is 44.2 Å². The number of fused-ring (bicyclic) bond motifs is 4. The van der Waals surface area contributed by atoms with Gasteiger partial charge in [-0.15, -0.1) is 0 Å². The lowest BCUT2D eigenvalue weighted by Crippen LogP contribution is -2.28. The third-order valence-electron chi connectivity index (χ3n) is 8.69. The van der Waals surface area contributed by atoms with Crippen LogP contribution in [0.3, 0.4) is 0 Å². The summed E-state index contributed by atoms with van der Waals surface area (Å²) in [5, 5.41) is 2.52. The number of anilines is 3. The Hall–Kier alpha value is -5.40. The molecule has 0 unspecified atom stereocenters. The molecule has 7 aromatic carbocycles. The first-order valence-corrected chi connectivity index (χ1v) is 14.5. The van der Waals surface area contributed by atoms with E-state index < -0.39 is 5.41 Å². The first-order valence-electron chi connectivity index (χ1n) is 14.5. The molecule has 0 bridgehead atoms. The van der Waals surface area contributed by atoms with Gasteiger partial charge in [-0.2, -0.15) is 0 Å². The van der Waals surface area contributed by atoms with Gasteiger partial charge in [0.2, 0.25) is 0 Å². The zero-order valence-electron chi connectivity index (χ0n) is 23.2. The van der Waals surface area contributed by atoms with Gasteiger partial charge in [0.25, 0.3) is 0 Å². The van der Waals surface area contributed by atoms with E-state index in [4.69, 9.17) is 0 Å². The van der Waals surface area contributed by atoms with Crippen LogP contribution in [0.1, 0.15) is 22.3 Å². The summed E-state index contributed by atoms with van der Waals surface area (Å²) in [5.41, 5.74) is 10.7. The van der Waals surface area contributed by atoms with Crippen LogP contribution in [0.4, 0.5) is 17.1 Å². The summed E-state index contributed by atoms with van der Waals surface area (Å²) in [7, 11) is 0. The number of hydrogen-bond acceptors (Lipinski definition) is 1. The van der Waals surface area contributed by atoms with Crippen LogP contribution in [0.15, 0.2) is 176 Å². The van der Waals surface area contributed by atoms with Crippen molar-refractivity contribution in [2.45, 2.75) is 5.41 Å². The summed E-state index contributed by atoms with van der Waals surface area (Å²) in [5.74, 6) is 0. The molecule has 1 aliphatic rings. The lowest BCUT2D eigenvalue weighted by Gasteiger charge is -2.35. The first kappa shape index (κ1) is 24.4. The minimum absolute atomic E-state index is 0.466. The third-order valence-corrected chi connectivity index (χ3v) is 8.69. The highest BCUT2D eigenvalue weighted by molar-refractivity contribution is 5.97. The Morgan fingerprint density at radius 1 is 0.333 bits per heavy atom. The molecule has 198 valence electrons. The normalized spacial score (nSPS) is 13.0. The Balaban J connectivity index is 1.48. The van der Waals surface area contributed by atoms with Crippen LogP contribution < -0.4 is 4.90 Å². The second-order valence-corrected chi connectivity index (χ2v) is 11.0. The lowest BCUT2D eigenvalue weighted by atomic mass is 9.67. The van der Waals surface area contributed by atoms with Crippen molar-refractivity contribution < 1.29 is 0 Å². The van der Waals surface area contributed by atoms with Gasteiger partial charge < -0.3 is 4.90 Å². The second-order valence-electron chi connectivity index (χ2n) is 11.0. The molecular formula is C41H29N. The van der Waals surface area contributed by atoms with Crippen molar-refractivity contribution in [1.82, 2.24) is 0 Å². The van der Waals surface area contributed by atoms with Crippen molar-refractivity contribution in [1.29, 1.82) is 0 Å². The maximum absolute atomic E-state index is 2.43. The van der Waals surface area contributed by atoms with Gasteiger partial charge in [-0.1, -0.05) is 127 Å². The van der Waals surface area contributed by atoms with Crippen LogP contribution in [0.25, 0.3) is 21.9 Å². The Morgan fingerprint density at radius 2 is 0.786 bits per heavy atom. The molecule has 0 saturated carbocycles. The fourth-order valence-corrected chi connectivity index (χ4v) is 6.90. The molecule has 1 nitrogen and oxygen atoms in total. The van der Waals surface area contributed by atoms with Gasteiger partial charge in [0.1, 0.15) is 0 Å². The van der Waals surface area contributed by atoms with E-state index in [0.29, 0.717) is 0 Å². The van der Waals surface area contributed by atoms with Crippen LogP contribution in [-0.2, 0) is 5.41 Å². The van der Waals surface area contributed by atoms with Gasteiger partial charge in [0.15, 0.2) is 0 Å². The standard InChI is InChI=1S/C41H29N/c1-5-17-32(18-6-1)41(33-19-7-2-8-20-33)39-28-31-16-14-13-15-30(31)27-38(39)37-26-25-36(29-40(37)41)42(34-21-9-3-10-22-34)35-23-11-4-12-24-35/h1-29H. The minimum Gasteiger partial charge on any atom is -0.310 e. The van der Waals surface area contributed by atoms with Crippen molar-refractivity contribution in [3.05, 3.63) is 198 Å². The van der Waals surface area contributed by atoms with Crippen molar-refractivity contribution in [3.8, 4) is 11.1 Å². The van der Waals surface area contributed by atoms with Crippen LogP contribution in [0.2, 0.25) is 0 Å². The maximum atomic E-state index is 2.43. The molecule has 0 N–H and O–H groups in total. The van der Waals surface area contributed by atoms with Gasteiger partial charge >= 0.3 is 0 Å². The van der Waals surface area contributed by atoms with Crippen LogP contribution >= 0.6 is 0 Å². The zero-order valence-corrected chi connectivity index (χ0v) is 23.2. The maximum Gasteiger partial charge on any atom is 0.0714 e. The van der Waals surface area contributed by atoms with E-state index >= 15 is 0 Å². The SMILES string of the molecule is c1ccc(N(c2ccccc2)c2ccc3c(c2)C(c2ccccc2)(c2ccccc2)c2cc4ccccc4cc2-3)cc1. The molecule has 0 saturated heterocycles. The Kier molecular flexibility index (Phi) is 5.75. The van der Waals surface area contributed by atoms with Crippen molar-refractivity contribution in [2.24, 2.45) is 0 Å². The lowest BCUT2D eigenvalue weighted by molar-refractivity contribution is 0.769. The molecule has 7 aromatic rings. The van der Waals surface area contributed by atoms with Crippen molar-refractivity contribution in [3.63, 3.8) is 0 Å². The highest BCUT2D eigenvalue weighted by Gasteiger charge is 2.46. The molecule has 0 spiro atoms. The molecule has 42 heavy (non-hydrogen) atoms. The fraction of sp³-hybridized carbons (Fsp3) is 0.0244. The van der Waals surface area contributed by atoms with Crippen molar-refractivity contribution in [2.75, 3.05) is 4.90 Å². The summed E-state index contributed by atoms with van der Waals surface area (Å²) in [6, 6.07) is 64.0. The first-order chi connectivity index (χ1) is 20.8. The minimum atomic E-state index is -0.466. The molecule has 1 heteroatoms.